The average molecular weight is 407 g/mol. The molecule has 4 rings (SSSR count). The zero-order valence-corrected chi connectivity index (χ0v) is 16.6. The first-order valence-corrected chi connectivity index (χ1v) is 9.81. The molecular weight excluding hydrogens is 388 g/mol. The Kier molecular flexibility index (Phi) is 5.55. The van der Waals surface area contributed by atoms with Gasteiger partial charge < -0.3 is 10.6 Å². The number of halogens is 1. The highest BCUT2D eigenvalue weighted by atomic mass is 35.5. The van der Waals surface area contributed by atoms with Gasteiger partial charge in [-0.1, -0.05) is 72.3 Å². The van der Waals surface area contributed by atoms with Crippen molar-refractivity contribution in [3.05, 3.63) is 83.4 Å². The summed E-state index contributed by atoms with van der Waals surface area (Å²) in [5.41, 5.74) is 4.15. The third-order valence-corrected chi connectivity index (χ3v) is 5.07. The van der Waals surface area contributed by atoms with Crippen LogP contribution in [0.5, 0.6) is 0 Å². The molecule has 3 aromatic carbocycles. The van der Waals surface area contributed by atoms with E-state index in [4.69, 9.17) is 23.8 Å². The fourth-order valence-electron chi connectivity index (χ4n) is 3.09. The molecule has 0 saturated heterocycles. The van der Waals surface area contributed by atoms with Crippen molar-refractivity contribution in [1.29, 1.82) is 0 Å². The number of aromatic nitrogens is 2. The minimum atomic E-state index is 0.542. The van der Waals surface area contributed by atoms with Gasteiger partial charge in [-0.3, -0.25) is 5.10 Å². The van der Waals surface area contributed by atoms with Crippen LogP contribution in [0.15, 0.2) is 72.8 Å². The van der Waals surface area contributed by atoms with Crippen molar-refractivity contribution in [3.8, 4) is 11.1 Å². The molecule has 0 radical (unpaired) electrons. The number of H-pyrrole nitrogens is 1. The van der Waals surface area contributed by atoms with E-state index in [1.807, 2.05) is 60.7 Å². The molecule has 0 aliphatic rings. The van der Waals surface area contributed by atoms with Crippen LogP contribution in [0.2, 0.25) is 5.02 Å². The van der Waals surface area contributed by atoms with Crippen molar-refractivity contribution >= 4 is 45.7 Å². The molecule has 0 bridgehead atoms. The third-order valence-electron chi connectivity index (χ3n) is 4.51. The summed E-state index contributed by atoms with van der Waals surface area (Å²) in [6, 6.07) is 24.3. The van der Waals surface area contributed by atoms with E-state index in [2.05, 4.69) is 33.0 Å². The van der Waals surface area contributed by atoms with Gasteiger partial charge in [-0.25, -0.2) is 0 Å². The van der Waals surface area contributed by atoms with Crippen LogP contribution in [-0.2, 0) is 6.42 Å². The smallest absolute Gasteiger partial charge is 0.172 e. The molecule has 0 aliphatic carbocycles. The lowest BCUT2D eigenvalue weighted by Crippen LogP contribution is -2.30. The fourth-order valence-corrected chi connectivity index (χ4v) is 3.56. The number of hydrogen-bond acceptors (Lipinski definition) is 2. The monoisotopic (exact) mass is 406 g/mol. The normalized spacial score (nSPS) is 10.8. The summed E-state index contributed by atoms with van der Waals surface area (Å²) < 4.78 is 0. The Hall–Kier alpha value is -2.89. The molecule has 140 valence electrons. The lowest BCUT2D eigenvalue weighted by molar-refractivity contribution is 0.873. The minimum Gasteiger partial charge on any atom is -0.362 e. The Balaban J connectivity index is 1.48. The van der Waals surface area contributed by atoms with Gasteiger partial charge in [0.15, 0.2) is 10.9 Å². The zero-order chi connectivity index (χ0) is 19.3. The third kappa shape index (κ3) is 4.16. The highest BCUT2D eigenvalue weighted by molar-refractivity contribution is 7.80. The second-order valence-corrected chi connectivity index (χ2v) is 7.25. The number of fused-ring (bicyclic) bond motifs is 1. The van der Waals surface area contributed by atoms with Gasteiger partial charge in [0.05, 0.1) is 10.5 Å². The van der Waals surface area contributed by atoms with E-state index in [0.29, 0.717) is 16.0 Å². The number of thiocarbonyl (C=S) groups is 1. The molecule has 0 amide bonds. The number of benzene rings is 3. The maximum absolute atomic E-state index is 6.47. The van der Waals surface area contributed by atoms with Crippen LogP contribution in [0.25, 0.3) is 22.0 Å². The molecular formula is C22H19ClN4S. The van der Waals surface area contributed by atoms with E-state index in [-0.39, 0.29) is 0 Å². The molecule has 28 heavy (non-hydrogen) atoms. The highest BCUT2D eigenvalue weighted by Gasteiger charge is 2.12. The van der Waals surface area contributed by atoms with Gasteiger partial charge in [-0.15, -0.1) is 0 Å². The lowest BCUT2D eigenvalue weighted by Gasteiger charge is -2.10. The molecule has 1 aromatic heterocycles. The van der Waals surface area contributed by atoms with Crippen molar-refractivity contribution in [2.45, 2.75) is 6.42 Å². The van der Waals surface area contributed by atoms with Crippen molar-refractivity contribution < 1.29 is 0 Å². The first kappa shape index (κ1) is 18.5. The fraction of sp³-hybridized carbons (Fsp3) is 0.0909. The average Bonchev–Trinajstić information content (AvgIpc) is 3.10. The van der Waals surface area contributed by atoms with Crippen molar-refractivity contribution in [2.24, 2.45) is 0 Å². The van der Waals surface area contributed by atoms with Gasteiger partial charge in [-0.2, -0.15) is 5.10 Å². The molecule has 0 atom stereocenters. The predicted octanol–water partition coefficient (Wildman–Crippen LogP) is 5.41. The number of hydrogen-bond donors (Lipinski definition) is 3. The lowest BCUT2D eigenvalue weighted by atomic mass is 10.0. The molecule has 0 aliphatic heterocycles. The van der Waals surface area contributed by atoms with E-state index in [9.17, 15) is 0 Å². The Bertz CT molecular complexity index is 1090. The van der Waals surface area contributed by atoms with E-state index in [1.54, 1.807) is 0 Å². The summed E-state index contributed by atoms with van der Waals surface area (Å²) in [6.45, 7) is 0.749. The minimum absolute atomic E-state index is 0.542. The van der Waals surface area contributed by atoms with Crippen LogP contribution < -0.4 is 10.6 Å². The van der Waals surface area contributed by atoms with Gasteiger partial charge in [0, 0.05) is 17.5 Å². The van der Waals surface area contributed by atoms with E-state index in [0.717, 1.165) is 35.0 Å². The van der Waals surface area contributed by atoms with E-state index < -0.39 is 0 Å². The van der Waals surface area contributed by atoms with Crippen LogP contribution in [-0.4, -0.2) is 21.9 Å². The second kappa shape index (κ2) is 8.42. The van der Waals surface area contributed by atoms with Crippen molar-refractivity contribution in [2.75, 3.05) is 11.9 Å². The van der Waals surface area contributed by atoms with Crippen LogP contribution in [0, 0.1) is 0 Å². The van der Waals surface area contributed by atoms with Crippen LogP contribution >= 0.6 is 23.8 Å². The molecule has 4 nitrogen and oxygen atoms in total. The summed E-state index contributed by atoms with van der Waals surface area (Å²) in [7, 11) is 0. The molecule has 4 aromatic rings. The van der Waals surface area contributed by atoms with E-state index in [1.165, 1.54) is 5.56 Å². The Morgan fingerprint density at radius 3 is 2.46 bits per heavy atom. The topological polar surface area (TPSA) is 52.7 Å². The quantitative estimate of drug-likeness (QED) is 0.388. The molecule has 0 fully saturated rings. The number of nitrogens with one attached hydrogen (secondary N) is 3. The van der Waals surface area contributed by atoms with Gasteiger partial charge >= 0.3 is 0 Å². The molecule has 0 saturated carbocycles. The number of anilines is 1. The summed E-state index contributed by atoms with van der Waals surface area (Å²) >= 11 is 11.9. The predicted molar refractivity (Wildman–Crippen MR) is 121 cm³/mol. The SMILES string of the molecule is S=C(NCCc1ccccc1)Nc1n[nH]c2cc(Cl)c(-c3ccccc3)cc12. The van der Waals surface area contributed by atoms with Crippen molar-refractivity contribution in [1.82, 2.24) is 15.5 Å². The first-order valence-electron chi connectivity index (χ1n) is 9.02. The molecule has 0 spiro atoms. The summed E-state index contributed by atoms with van der Waals surface area (Å²) in [6.07, 6.45) is 0.901. The summed E-state index contributed by atoms with van der Waals surface area (Å²) in [5, 5.41) is 15.9. The molecule has 3 N–H and O–H groups in total. The summed E-state index contributed by atoms with van der Waals surface area (Å²) in [4.78, 5) is 0. The van der Waals surface area contributed by atoms with Gasteiger partial charge in [0.2, 0.25) is 0 Å². The van der Waals surface area contributed by atoms with Crippen LogP contribution in [0.3, 0.4) is 0 Å². The maximum Gasteiger partial charge on any atom is 0.172 e. The Labute approximate surface area is 173 Å². The highest BCUT2D eigenvalue weighted by Crippen LogP contribution is 2.33. The Morgan fingerprint density at radius 1 is 1.00 bits per heavy atom. The molecule has 0 unspecified atom stereocenters. The van der Waals surface area contributed by atoms with Gasteiger partial charge in [-0.05, 0) is 41.9 Å². The van der Waals surface area contributed by atoms with Crippen LogP contribution in [0.1, 0.15) is 5.56 Å². The number of aromatic amines is 1. The van der Waals surface area contributed by atoms with Crippen LogP contribution in [0.4, 0.5) is 5.82 Å². The standard InChI is InChI=1S/C22H19ClN4S/c23-19-14-20-18(13-17(19)16-9-5-2-6-10-16)21(27-26-20)25-22(28)24-12-11-15-7-3-1-4-8-15/h1-10,13-14H,11-12H2,(H3,24,25,26,27,28). The summed E-state index contributed by atoms with van der Waals surface area (Å²) in [5.74, 6) is 0.682. The van der Waals surface area contributed by atoms with Gasteiger partial charge in [0.25, 0.3) is 0 Å². The molecule has 1 heterocycles. The number of rotatable bonds is 5. The Morgan fingerprint density at radius 2 is 1.71 bits per heavy atom. The number of nitrogens with zero attached hydrogens (tertiary/aromatic N) is 1. The first-order chi connectivity index (χ1) is 13.7. The zero-order valence-electron chi connectivity index (χ0n) is 15.1. The van der Waals surface area contributed by atoms with Gasteiger partial charge in [0.1, 0.15) is 0 Å². The second-order valence-electron chi connectivity index (χ2n) is 6.43. The largest absolute Gasteiger partial charge is 0.362 e. The maximum atomic E-state index is 6.47. The van der Waals surface area contributed by atoms with Crippen molar-refractivity contribution in [3.63, 3.8) is 0 Å². The molecule has 6 heteroatoms. The van der Waals surface area contributed by atoms with E-state index >= 15 is 0 Å².